The van der Waals surface area contributed by atoms with Crippen molar-refractivity contribution in [3.05, 3.63) is 23.8 Å². The molecular weight excluding hydrogens is 530 g/mol. The molecule has 1 aromatic rings. The minimum absolute atomic E-state index is 0.0264. The molecule has 0 fully saturated rings. The average Bonchev–Trinajstić information content (AvgIpc) is 2.81. The molecule has 10 nitrogen and oxygen atoms in total. The molecule has 0 spiro atoms. The number of rotatable bonds is 13. The van der Waals surface area contributed by atoms with Crippen molar-refractivity contribution in [3.8, 4) is 11.5 Å². The number of hydrogen-bond donors (Lipinski definition) is 2. The molecule has 41 heavy (non-hydrogen) atoms. The molecule has 0 aliphatic heterocycles. The summed E-state index contributed by atoms with van der Waals surface area (Å²) in [4.78, 5) is 49.7. The summed E-state index contributed by atoms with van der Waals surface area (Å²) in [6.07, 6.45) is -0.588. The van der Waals surface area contributed by atoms with E-state index in [-0.39, 0.29) is 47.7 Å². The minimum atomic E-state index is -1.39. The number of hydrogen-bond acceptors (Lipinski definition) is 9. The lowest BCUT2D eigenvalue weighted by atomic mass is 9.79. The predicted molar refractivity (Wildman–Crippen MR) is 155 cm³/mol. The van der Waals surface area contributed by atoms with Gasteiger partial charge < -0.3 is 29.8 Å². The van der Waals surface area contributed by atoms with Crippen LogP contribution >= 0.6 is 0 Å². The summed E-state index contributed by atoms with van der Waals surface area (Å²) in [5.41, 5.74) is 5.85. The monoisotopic (exact) mass is 579 g/mol. The SMILES string of the molecule is CCC(C)COC(=O)OC(C)C(C)C(c1ccc(OC(=O)CC(C)(C)C)c(OC(=O)CC(C)(C)C)c1)[C@H](N)C(=O)O. The van der Waals surface area contributed by atoms with Crippen molar-refractivity contribution in [3.63, 3.8) is 0 Å². The average molecular weight is 580 g/mol. The van der Waals surface area contributed by atoms with E-state index in [4.69, 9.17) is 24.7 Å². The van der Waals surface area contributed by atoms with E-state index in [9.17, 15) is 24.3 Å². The van der Waals surface area contributed by atoms with Gasteiger partial charge in [0.2, 0.25) is 0 Å². The van der Waals surface area contributed by atoms with E-state index in [0.29, 0.717) is 5.56 Å². The Morgan fingerprint density at radius 2 is 1.39 bits per heavy atom. The van der Waals surface area contributed by atoms with Gasteiger partial charge in [-0.3, -0.25) is 14.4 Å². The second-order valence-electron chi connectivity index (χ2n) is 13.3. The van der Waals surface area contributed by atoms with Gasteiger partial charge in [0.25, 0.3) is 0 Å². The third kappa shape index (κ3) is 12.9. The third-order valence-corrected chi connectivity index (χ3v) is 6.59. The molecule has 232 valence electrons. The molecule has 0 aliphatic carbocycles. The zero-order valence-corrected chi connectivity index (χ0v) is 26.2. The van der Waals surface area contributed by atoms with Gasteiger partial charge in [-0.2, -0.15) is 0 Å². The highest BCUT2D eigenvalue weighted by molar-refractivity contribution is 5.78. The van der Waals surface area contributed by atoms with Crippen LogP contribution in [-0.4, -0.2) is 47.9 Å². The van der Waals surface area contributed by atoms with Crippen LogP contribution in [0.5, 0.6) is 11.5 Å². The molecule has 1 rings (SSSR count). The first-order chi connectivity index (χ1) is 18.7. The number of carboxylic acids is 1. The van der Waals surface area contributed by atoms with E-state index in [0.717, 1.165) is 6.42 Å². The largest absolute Gasteiger partial charge is 0.508 e. The van der Waals surface area contributed by atoms with Crippen molar-refractivity contribution in [2.45, 2.75) is 107 Å². The maximum absolute atomic E-state index is 12.8. The second-order valence-corrected chi connectivity index (χ2v) is 13.3. The summed E-state index contributed by atoms with van der Waals surface area (Å²) in [5, 5.41) is 9.81. The van der Waals surface area contributed by atoms with Crippen molar-refractivity contribution in [2.24, 2.45) is 28.4 Å². The predicted octanol–water partition coefficient (Wildman–Crippen LogP) is 6.09. The molecule has 0 aliphatic rings. The zero-order chi connectivity index (χ0) is 31.7. The molecule has 0 saturated heterocycles. The van der Waals surface area contributed by atoms with Crippen LogP contribution in [0.3, 0.4) is 0 Å². The number of ether oxygens (including phenoxy) is 4. The van der Waals surface area contributed by atoms with Gasteiger partial charge in [0.1, 0.15) is 12.1 Å². The Balaban J connectivity index is 3.42. The van der Waals surface area contributed by atoms with E-state index in [1.54, 1.807) is 19.9 Å². The maximum atomic E-state index is 12.8. The smallest absolute Gasteiger partial charge is 0.480 e. The summed E-state index contributed by atoms with van der Waals surface area (Å²) in [6, 6.07) is 3.09. The molecule has 0 saturated carbocycles. The van der Waals surface area contributed by atoms with E-state index in [1.165, 1.54) is 12.1 Å². The van der Waals surface area contributed by atoms with Crippen LogP contribution in [-0.2, 0) is 23.9 Å². The van der Waals surface area contributed by atoms with Crippen LogP contribution in [0.4, 0.5) is 4.79 Å². The highest BCUT2D eigenvalue weighted by atomic mass is 16.7. The van der Waals surface area contributed by atoms with Crippen LogP contribution < -0.4 is 15.2 Å². The second kappa shape index (κ2) is 15.2. The van der Waals surface area contributed by atoms with Crippen molar-refractivity contribution >= 4 is 24.1 Å². The normalized spacial score (nSPS) is 15.6. The van der Waals surface area contributed by atoms with Crippen LogP contribution in [0.25, 0.3) is 0 Å². The molecule has 0 amide bonds. The topological polar surface area (TPSA) is 151 Å². The lowest BCUT2D eigenvalue weighted by Crippen LogP contribution is -2.42. The number of carbonyl (C=O) groups is 4. The highest BCUT2D eigenvalue weighted by Gasteiger charge is 2.36. The molecular formula is C31H49NO9. The first-order valence-corrected chi connectivity index (χ1v) is 14.1. The van der Waals surface area contributed by atoms with Gasteiger partial charge in [-0.05, 0) is 41.4 Å². The number of aliphatic carboxylic acids is 1. The molecule has 3 N–H and O–H groups in total. The highest BCUT2D eigenvalue weighted by Crippen LogP contribution is 2.38. The molecule has 10 heteroatoms. The summed E-state index contributed by atoms with van der Waals surface area (Å²) in [6.45, 7) is 18.8. The van der Waals surface area contributed by atoms with Gasteiger partial charge >= 0.3 is 24.1 Å². The Hall–Kier alpha value is -3.14. The van der Waals surface area contributed by atoms with Gasteiger partial charge in [0, 0.05) is 11.8 Å². The lowest BCUT2D eigenvalue weighted by Gasteiger charge is -2.31. The van der Waals surface area contributed by atoms with Crippen LogP contribution in [0, 0.1) is 22.7 Å². The molecule has 0 radical (unpaired) electrons. The standard InChI is InChI=1S/C31H49NO9/c1-11-18(2)17-38-29(37)39-20(4)19(3)26(27(32)28(35)36)21-12-13-22(40-24(33)15-30(5,6)7)23(14-21)41-25(34)16-31(8,9)10/h12-14,18-20,26-27H,11,15-17,32H2,1-10H3,(H,35,36)/t18?,19?,20?,26?,27-/m0/s1. The van der Waals surface area contributed by atoms with Crippen molar-refractivity contribution in [1.82, 2.24) is 0 Å². The van der Waals surface area contributed by atoms with Crippen molar-refractivity contribution in [1.29, 1.82) is 0 Å². The van der Waals surface area contributed by atoms with E-state index in [2.05, 4.69) is 0 Å². The fourth-order valence-electron chi connectivity index (χ4n) is 3.98. The van der Waals surface area contributed by atoms with Crippen molar-refractivity contribution in [2.75, 3.05) is 6.61 Å². The van der Waals surface area contributed by atoms with E-state index >= 15 is 0 Å². The fourth-order valence-corrected chi connectivity index (χ4v) is 3.98. The summed E-state index contributed by atoms with van der Waals surface area (Å²) in [5.74, 6) is -3.62. The molecule has 1 aromatic carbocycles. The third-order valence-electron chi connectivity index (χ3n) is 6.59. The number of carbonyl (C=O) groups excluding carboxylic acids is 3. The van der Waals surface area contributed by atoms with E-state index in [1.807, 2.05) is 55.4 Å². The van der Waals surface area contributed by atoms with Gasteiger partial charge in [0.15, 0.2) is 11.5 Å². The first kappa shape index (κ1) is 35.9. The van der Waals surface area contributed by atoms with Gasteiger partial charge in [0.05, 0.1) is 19.4 Å². The van der Waals surface area contributed by atoms with Crippen LogP contribution in [0.1, 0.15) is 100.0 Å². The minimum Gasteiger partial charge on any atom is -0.480 e. The van der Waals surface area contributed by atoms with Gasteiger partial charge in [-0.25, -0.2) is 4.79 Å². The Morgan fingerprint density at radius 1 is 0.878 bits per heavy atom. The number of nitrogens with two attached hydrogens (primary N) is 1. The molecule has 0 heterocycles. The Kier molecular flexibility index (Phi) is 13.3. The summed E-state index contributed by atoms with van der Waals surface area (Å²) in [7, 11) is 0. The fraction of sp³-hybridized carbons (Fsp3) is 0.677. The van der Waals surface area contributed by atoms with Gasteiger partial charge in [-0.1, -0.05) is 74.8 Å². The number of benzene rings is 1. The molecule has 4 unspecified atom stereocenters. The first-order valence-electron chi connectivity index (χ1n) is 14.1. The quantitative estimate of drug-likeness (QED) is 0.207. The number of esters is 2. The van der Waals surface area contributed by atoms with Crippen LogP contribution in [0.15, 0.2) is 18.2 Å². The molecule has 5 atom stereocenters. The summed E-state index contributed by atoms with van der Waals surface area (Å²) < 4.78 is 21.8. The molecule has 0 bridgehead atoms. The van der Waals surface area contributed by atoms with Gasteiger partial charge in [-0.15, -0.1) is 0 Å². The summed E-state index contributed by atoms with van der Waals surface area (Å²) >= 11 is 0. The van der Waals surface area contributed by atoms with Crippen molar-refractivity contribution < 1.29 is 43.2 Å². The van der Waals surface area contributed by atoms with E-state index < -0.39 is 48.0 Å². The Morgan fingerprint density at radius 3 is 1.85 bits per heavy atom. The lowest BCUT2D eigenvalue weighted by molar-refractivity contribution is -0.140. The molecule has 0 aromatic heterocycles. The number of carboxylic acid groups (broad SMARTS) is 1. The van der Waals surface area contributed by atoms with Crippen LogP contribution in [0.2, 0.25) is 0 Å². The zero-order valence-electron chi connectivity index (χ0n) is 26.2. The maximum Gasteiger partial charge on any atom is 0.508 e. The Labute approximate surface area is 244 Å². The Bertz CT molecular complexity index is 1050.